The van der Waals surface area contributed by atoms with Crippen LogP contribution in [0.1, 0.15) is 10.4 Å². The molecule has 9 heteroatoms. The summed E-state index contributed by atoms with van der Waals surface area (Å²) in [6, 6.07) is 11.6. The summed E-state index contributed by atoms with van der Waals surface area (Å²) in [6.07, 6.45) is 1.51. The highest BCUT2D eigenvalue weighted by atomic mass is 79.9. The van der Waals surface area contributed by atoms with Crippen LogP contribution in [0.3, 0.4) is 0 Å². The Hall–Kier alpha value is -2.39. The molecule has 2 aromatic carbocycles. The Kier molecular flexibility index (Phi) is 6.12. The number of benzene rings is 2. The molecule has 0 atom stereocenters. The number of alkyl halides is 2. The van der Waals surface area contributed by atoms with Crippen LogP contribution in [-0.4, -0.2) is 29.2 Å². The van der Waals surface area contributed by atoms with Gasteiger partial charge in [-0.05, 0) is 30.3 Å². The van der Waals surface area contributed by atoms with Gasteiger partial charge in [0.25, 0.3) is 11.7 Å². The minimum absolute atomic E-state index is 0.230. The average Bonchev–Trinajstić information content (AvgIpc) is 3.04. The molecule has 0 aliphatic rings. The van der Waals surface area contributed by atoms with E-state index in [1.54, 1.807) is 24.3 Å². The van der Waals surface area contributed by atoms with Crippen LogP contribution in [0.2, 0.25) is 0 Å². The van der Waals surface area contributed by atoms with Gasteiger partial charge < -0.3 is 15.0 Å². The highest BCUT2D eigenvalue weighted by molar-refractivity contribution is 9.10. The molecule has 0 saturated carbocycles. The molecule has 2 N–H and O–H groups in total. The SMILES string of the molecule is O=C(COC(=O)c1c[nH]c2ccc(Br)cc12)Nc1ccccc1SC(F)F. The Labute approximate surface area is 165 Å². The molecule has 0 bridgehead atoms. The number of esters is 1. The van der Waals surface area contributed by atoms with Crippen molar-refractivity contribution in [3.8, 4) is 0 Å². The molecule has 3 rings (SSSR count). The number of H-pyrrole nitrogens is 1. The molecule has 0 radical (unpaired) electrons. The maximum absolute atomic E-state index is 12.6. The molecule has 27 heavy (non-hydrogen) atoms. The first-order valence-electron chi connectivity index (χ1n) is 7.71. The lowest BCUT2D eigenvalue weighted by Crippen LogP contribution is -2.21. The maximum Gasteiger partial charge on any atom is 0.340 e. The van der Waals surface area contributed by atoms with E-state index in [0.29, 0.717) is 22.7 Å². The summed E-state index contributed by atoms with van der Waals surface area (Å²) in [5.41, 5.74) is 1.29. The van der Waals surface area contributed by atoms with E-state index < -0.39 is 24.2 Å². The fourth-order valence-electron chi connectivity index (χ4n) is 2.43. The van der Waals surface area contributed by atoms with Crippen molar-refractivity contribution in [3.05, 3.63) is 58.7 Å². The first kappa shape index (κ1) is 19.4. The number of thioether (sulfide) groups is 1. The molecule has 0 aliphatic carbocycles. The van der Waals surface area contributed by atoms with E-state index in [-0.39, 0.29) is 10.6 Å². The fraction of sp³-hybridized carbons (Fsp3) is 0.111. The number of rotatable bonds is 6. The van der Waals surface area contributed by atoms with Crippen molar-refractivity contribution in [1.29, 1.82) is 0 Å². The van der Waals surface area contributed by atoms with Crippen molar-refractivity contribution < 1.29 is 23.1 Å². The van der Waals surface area contributed by atoms with Gasteiger partial charge in [0.2, 0.25) is 0 Å². The van der Waals surface area contributed by atoms with Gasteiger partial charge in [0, 0.05) is 26.5 Å². The fourth-order valence-corrected chi connectivity index (χ4v) is 3.38. The maximum atomic E-state index is 12.6. The van der Waals surface area contributed by atoms with E-state index in [1.807, 2.05) is 6.07 Å². The Morgan fingerprint density at radius 3 is 2.78 bits per heavy atom. The van der Waals surface area contributed by atoms with Gasteiger partial charge in [0.15, 0.2) is 6.61 Å². The van der Waals surface area contributed by atoms with Crippen molar-refractivity contribution in [3.63, 3.8) is 0 Å². The molecule has 1 aromatic heterocycles. The largest absolute Gasteiger partial charge is 0.452 e. The van der Waals surface area contributed by atoms with Crippen LogP contribution in [0.4, 0.5) is 14.5 Å². The van der Waals surface area contributed by atoms with Gasteiger partial charge in [0.05, 0.1) is 11.3 Å². The van der Waals surface area contributed by atoms with E-state index in [9.17, 15) is 18.4 Å². The van der Waals surface area contributed by atoms with Crippen LogP contribution in [0.25, 0.3) is 10.9 Å². The zero-order valence-corrected chi connectivity index (χ0v) is 16.1. The summed E-state index contributed by atoms with van der Waals surface area (Å²) < 4.78 is 31.0. The van der Waals surface area contributed by atoms with Gasteiger partial charge in [-0.3, -0.25) is 4.79 Å². The Balaban J connectivity index is 1.64. The summed E-state index contributed by atoms with van der Waals surface area (Å²) >= 11 is 3.67. The zero-order valence-electron chi connectivity index (χ0n) is 13.7. The molecule has 0 spiro atoms. The number of aromatic amines is 1. The molecule has 0 aliphatic heterocycles. The van der Waals surface area contributed by atoms with Crippen molar-refractivity contribution in [1.82, 2.24) is 4.98 Å². The monoisotopic (exact) mass is 454 g/mol. The number of carbonyl (C=O) groups excluding carboxylic acids is 2. The van der Waals surface area contributed by atoms with E-state index in [0.717, 1.165) is 9.99 Å². The number of fused-ring (bicyclic) bond motifs is 1. The van der Waals surface area contributed by atoms with Gasteiger partial charge >= 0.3 is 5.97 Å². The van der Waals surface area contributed by atoms with E-state index in [4.69, 9.17) is 4.74 Å². The minimum atomic E-state index is -2.61. The summed E-state index contributed by atoms with van der Waals surface area (Å²) in [7, 11) is 0. The molecule has 1 heterocycles. The lowest BCUT2D eigenvalue weighted by atomic mass is 10.2. The number of aromatic nitrogens is 1. The molecule has 5 nitrogen and oxygen atoms in total. The second-order valence-corrected chi connectivity index (χ2v) is 7.34. The predicted molar refractivity (Wildman–Crippen MR) is 103 cm³/mol. The molecular weight excluding hydrogens is 442 g/mol. The number of ether oxygens (including phenoxy) is 1. The van der Waals surface area contributed by atoms with Gasteiger partial charge in [-0.15, -0.1) is 0 Å². The number of hydrogen-bond donors (Lipinski definition) is 2. The zero-order chi connectivity index (χ0) is 19.4. The number of hydrogen-bond acceptors (Lipinski definition) is 4. The molecule has 0 saturated heterocycles. The lowest BCUT2D eigenvalue weighted by molar-refractivity contribution is -0.119. The van der Waals surface area contributed by atoms with Crippen molar-refractivity contribution in [2.24, 2.45) is 0 Å². The number of carbonyl (C=O) groups is 2. The van der Waals surface area contributed by atoms with Crippen LogP contribution in [0, 0.1) is 0 Å². The summed E-state index contributed by atoms with van der Waals surface area (Å²) in [5, 5.41) is 3.14. The molecule has 1 amide bonds. The third-order valence-electron chi connectivity index (χ3n) is 3.58. The smallest absolute Gasteiger partial charge is 0.340 e. The second-order valence-electron chi connectivity index (χ2n) is 5.39. The van der Waals surface area contributed by atoms with E-state index >= 15 is 0 Å². The molecule has 3 aromatic rings. The van der Waals surface area contributed by atoms with Crippen molar-refractivity contribution in [2.75, 3.05) is 11.9 Å². The highest BCUT2D eigenvalue weighted by Gasteiger charge is 2.16. The number of anilines is 1. The lowest BCUT2D eigenvalue weighted by Gasteiger charge is -2.10. The topological polar surface area (TPSA) is 71.2 Å². The molecule has 140 valence electrons. The molecular formula is C18H13BrF2N2O3S. The number of nitrogens with one attached hydrogen (secondary N) is 2. The summed E-state index contributed by atoms with van der Waals surface area (Å²) in [6.45, 7) is -0.535. The van der Waals surface area contributed by atoms with Crippen molar-refractivity contribution >= 4 is 56.2 Å². The second kappa shape index (κ2) is 8.53. The van der Waals surface area contributed by atoms with E-state index in [2.05, 4.69) is 26.2 Å². The minimum Gasteiger partial charge on any atom is -0.452 e. The van der Waals surface area contributed by atoms with Crippen molar-refractivity contribution in [2.45, 2.75) is 10.7 Å². The first-order valence-corrected chi connectivity index (χ1v) is 9.39. The van der Waals surface area contributed by atoms with E-state index in [1.165, 1.54) is 18.3 Å². The highest BCUT2D eigenvalue weighted by Crippen LogP contribution is 2.31. The summed E-state index contributed by atoms with van der Waals surface area (Å²) in [4.78, 5) is 27.5. The molecule has 0 fully saturated rings. The average molecular weight is 455 g/mol. The standard InChI is InChI=1S/C18H13BrF2N2O3S/c19-10-5-6-13-11(7-10)12(8-22-13)17(25)26-9-16(24)23-14-3-1-2-4-15(14)27-18(20)21/h1-8,18,22H,9H2,(H,23,24). The number of para-hydroxylation sites is 1. The van der Waals surface area contributed by atoms with Crippen LogP contribution >= 0.6 is 27.7 Å². The summed E-state index contributed by atoms with van der Waals surface area (Å²) in [5.74, 6) is -3.89. The quantitative estimate of drug-likeness (QED) is 0.404. The Morgan fingerprint density at radius 1 is 1.22 bits per heavy atom. The van der Waals surface area contributed by atoms with Crippen LogP contribution in [-0.2, 0) is 9.53 Å². The van der Waals surface area contributed by atoms with Gasteiger partial charge in [-0.25, -0.2) is 4.79 Å². The number of halogens is 3. The number of amides is 1. The Bertz CT molecular complexity index is 994. The van der Waals surface area contributed by atoms with Gasteiger partial charge in [0.1, 0.15) is 0 Å². The molecule has 0 unspecified atom stereocenters. The third-order valence-corrected chi connectivity index (χ3v) is 4.86. The van der Waals surface area contributed by atoms with Crippen LogP contribution in [0.5, 0.6) is 0 Å². The first-order chi connectivity index (χ1) is 12.9. The van der Waals surface area contributed by atoms with Gasteiger partial charge in [-0.1, -0.05) is 39.8 Å². The Morgan fingerprint density at radius 2 is 2.00 bits per heavy atom. The predicted octanol–water partition coefficient (Wildman–Crippen LogP) is 5.04. The normalized spacial score (nSPS) is 11.0. The third kappa shape index (κ3) is 4.86. The van der Waals surface area contributed by atoms with Gasteiger partial charge in [-0.2, -0.15) is 8.78 Å². The van der Waals surface area contributed by atoms with Crippen LogP contribution in [0.15, 0.2) is 58.0 Å². The van der Waals surface area contributed by atoms with Crippen LogP contribution < -0.4 is 5.32 Å².